The summed E-state index contributed by atoms with van der Waals surface area (Å²) in [6.07, 6.45) is 2.07. The van der Waals surface area contributed by atoms with Crippen molar-refractivity contribution in [2.75, 3.05) is 0 Å². The van der Waals surface area contributed by atoms with Crippen LogP contribution in [0.3, 0.4) is 0 Å². The first-order valence-electron chi connectivity index (χ1n) is 8.57. The van der Waals surface area contributed by atoms with Crippen molar-refractivity contribution in [1.29, 1.82) is 0 Å². The molecule has 0 aliphatic heterocycles. The molecule has 26 heavy (non-hydrogen) atoms. The van der Waals surface area contributed by atoms with Crippen LogP contribution in [-0.2, 0) is 7.05 Å². The summed E-state index contributed by atoms with van der Waals surface area (Å²) in [6.45, 7) is 6.46. The zero-order valence-corrected chi connectivity index (χ0v) is 16.1. The third-order valence-corrected chi connectivity index (χ3v) is 5.89. The number of hydrogen-bond acceptors (Lipinski definition) is 2. The Morgan fingerprint density at radius 2 is 1.73 bits per heavy atom. The number of thiazole rings is 1. The maximum absolute atomic E-state index is 13.2. The minimum Gasteiger partial charge on any atom is -0.230 e. The van der Waals surface area contributed by atoms with Gasteiger partial charge in [-0.25, -0.2) is 9.37 Å². The fourth-order valence-corrected chi connectivity index (χ4v) is 4.29. The summed E-state index contributed by atoms with van der Waals surface area (Å²) < 4.78 is 16.5. The number of aromatic nitrogens is 2. The standard InChI is InChI=1S/C22H20FN2S/c1-13-9-14(2)15(3)18(10-13)20-11-21-19(12-25(20)4)24-22(26-21)16-5-7-17(23)8-6-16/h5-12H,1-4H3/q+1. The molecule has 2 nitrogen and oxygen atoms in total. The number of hydrogen-bond donors (Lipinski definition) is 0. The van der Waals surface area contributed by atoms with Crippen molar-refractivity contribution in [3.05, 3.63) is 71.2 Å². The van der Waals surface area contributed by atoms with Gasteiger partial charge in [-0.3, -0.25) is 0 Å². The molecule has 0 saturated carbocycles. The average Bonchev–Trinajstić information content (AvgIpc) is 3.01. The monoisotopic (exact) mass is 363 g/mol. The molecule has 0 spiro atoms. The lowest BCUT2D eigenvalue weighted by Gasteiger charge is -2.09. The Bertz CT molecular complexity index is 1130. The van der Waals surface area contributed by atoms with E-state index < -0.39 is 0 Å². The van der Waals surface area contributed by atoms with Crippen LogP contribution in [0, 0.1) is 26.6 Å². The van der Waals surface area contributed by atoms with Gasteiger partial charge in [-0.15, -0.1) is 11.3 Å². The van der Waals surface area contributed by atoms with Crippen LogP contribution in [0.15, 0.2) is 48.7 Å². The van der Waals surface area contributed by atoms with Gasteiger partial charge in [-0.05, 0) is 62.2 Å². The van der Waals surface area contributed by atoms with Crippen molar-refractivity contribution in [3.63, 3.8) is 0 Å². The molecule has 0 aliphatic carbocycles. The maximum Gasteiger partial charge on any atom is 0.214 e. The molecule has 4 aromatic rings. The number of pyridine rings is 1. The number of benzene rings is 2. The third kappa shape index (κ3) is 2.90. The van der Waals surface area contributed by atoms with Gasteiger partial charge < -0.3 is 0 Å². The second kappa shape index (κ2) is 6.29. The number of aryl methyl sites for hydroxylation is 3. The first-order chi connectivity index (χ1) is 12.4. The summed E-state index contributed by atoms with van der Waals surface area (Å²) in [5.41, 5.74) is 8.20. The van der Waals surface area contributed by atoms with Crippen molar-refractivity contribution >= 4 is 21.6 Å². The highest BCUT2D eigenvalue weighted by Crippen LogP contribution is 2.33. The summed E-state index contributed by atoms with van der Waals surface area (Å²) in [7, 11) is 2.06. The summed E-state index contributed by atoms with van der Waals surface area (Å²) in [5, 5.41) is 0.911. The lowest BCUT2D eigenvalue weighted by atomic mass is 9.97. The molecule has 0 N–H and O–H groups in total. The lowest BCUT2D eigenvalue weighted by molar-refractivity contribution is -0.659. The lowest BCUT2D eigenvalue weighted by Crippen LogP contribution is -2.30. The minimum atomic E-state index is -0.228. The second-order valence-corrected chi connectivity index (χ2v) is 7.83. The number of fused-ring (bicyclic) bond motifs is 1. The molecule has 0 fully saturated rings. The predicted molar refractivity (Wildman–Crippen MR) is 106 cm³/mol. The third-order valence-electron chi connectivity index (χ3n) is 4.82. The molecular formula is C22H20FN2S+. The van der Waals surface area contributed by atoms with Gasteiger partial charge in [0, 0.05) is 17.2 Å². The van der Waals surface area contributed by atoms with Gasteiger partial charge in [0.25, 0.3) is 0 Å². The molecule has 0 aliphatic rings. The number of rotatable bonds is 2. The minimum absolute atomic E-state index is 0.228. The van der Waals surface area contributed by atoms with Gasteiger partial charge in [0.1, 0.15) is 23.4 Å². The highest BCUT2D eigenvalue weighted by Gasteiger charge is 2.18. The largest absolute Gasteiger partial charge is 0.230 e. The van der Waals surface area contributed by atoms with Crippen LogP contribution in [-0.4, -0.2) is 4.98 Å². The zero-order valence-electron chi connectivity index (χ0n) is 15.3. The first kappa shape index (κ1) is 16.9. The van der Waals surface area contributed by atoms with Gasteiger partial charge >= 0.3 is 0 Å². The van der Waals surface area contributed by atoms with Crippen molar-refractivity contribution in [1.82, 2.24) is 4.98 Å². The van der Waals surface area contributed by atoms with E-state index in [1.54, 1.807) is 23.5 Å². The Labute approximate surface area is 156 Å². The van der Waals surface area contributed by atoms with Crippen LogP contribution in [0.1, 0.15) is 16.7 Å². The molecule has 0 radical (unpaired) electrons. The maximum atomic E-state index is 13.2. The van der Waals surface area contributed by atoms with Crippen molar-refractivity contribution in [2.45, 2.75) is 20.8 Å². The van der Waals surface area contributed by atoms with Crippen molar-refractivity contribution < 1.29 is 8.96 Å². The first-order valence-corrected chi connectivity index (χ1v) is 9.38. The molecule has 4 heteroatoms. The topological polar surface area (TPSA) is 16.8 Å². The molecule has 130 valence electrons. The predicted octanol–water partition coefficient (Wildman–Crippen LogP) is 5.52. The SMILES string of the molecule is Cc1cc(C)c(C)c(-c2cc3sc(-c4ccc(F)cc4)nc3c[n+]2C)c1. The van der Waals surface area contributed by atoms with Crippen LogP contribution in [0.2, 0.25) is 0 Å². The van der Waals surface area contributed by atoms with Crippen LogP contribution < -0.4 is 4.57 Å². The normalized spacial score (nSPS) is 11.3. The van der Waals surface area contributed by atoms with Crippen LogP contribution in [0.25, 0.3) is 32.0 Å². The molecule has 2 aromatic carbocycles. The molecule has 0 atom stereocenters. The van der Waals surface area contributed by atoms with Crippen LogP contribution in [0.5, 0.6) is 0 Å². The van der Waals surface area contributed by atoms with E-state index in [2.05, 4.69) is 56.8 Å². The van der Waals surface area contributed by atoms with E-state index in [0.717, 1.165) is 20.8 Å². The fraction of sp³-hybridized carbons (Fsp3) is 0.182. The smallest absolute Gasteiger partial charge is 0.214 e. The highest BCUT2D eigenvalue weighted by molar-refractivity contribution is 7.21. The zero-order chi connectivity index (χ0) is 18.4. The Hall–Kier alpha value is -2.59. The molecule has 2 aromatic heterocycles. The quantitative estimate of drug-likeness (QED) is 0.429. The summed E-state index contributed by atoms with van der Waals surface area (Å²) >= 11 is 1.64. The van der Waals surface area contributed by atoms with E-state index in [4.69, 9.17) is 4.98 Å². The summed E-state index contributed by atoms with van der Waals surface area (Å²) in [5.74, 6) is -0.228. The van der Waals surface area contributed by atoms with Crippen LogP contribution in [0.4, 0.5) is 4.39 Å². The number of nitrogens with zero attached hydrogens (tertiary/aromatic N) is 2. The Balaban J connectivity index is 1.88. The van der Waals surface area contributed by atoms with Gasteiger partial charge in [-0.1, -0.05) is 11.6 Å². The molecule has 2 heterocycles. The van der Waals surface area contributed by atoms with Gasteiger partial charge in [-0.2, -0.15) is 4.57 Å². The van der Waals surface area contributed by atoms with Gasteiger partial charge in [0.2, 0.25) is 5.69 Å². The molecule has 0 unspecified atom stereocenters. The van der Waals surface area contributed by atoms with E-state index in [1.165, 1.54) is 40.1 Å². The van der Waals surface area contributed by atoms with E-state index in [1.807, 2.05) is 0 Å². The van der Waals surface area contributed by atoms with E-state index in [9.17, 15) is 4.39 Å². The van der Waals surface area contributed by atoms with Crippen molar-refractivity contribution in [2.24, 2.45) is 7.05 Å². The average molecular weight is 363 g/mol. The molecule has 0 amide bonds. The fourth-order valence-electron chi connectivity index (χ4n) is 3.31. The molecule has 0 bridgehead atoms. The van der Waals surface area contributed by atoms with Gasteiger partial charge in [0.15, 0.2) is 6.20 Å². The van der Waals surface area contributed by atoms with E-state index in [0.29, 0.717) is 0 Å². The number of halogens is 1. The van der Waals surface area contributed by atoms with E-state index >= 15 is 0 Å². The Kier molecular flexibility index (Phi) is 4.08. The van der Waals surface area contributed by atoms with Crippen molar-refractivity contribution in [3.8, 4) is 21.8 Å². The Morgan fingerprint density at radius 1 is 1.00 bits per heavy atom. The second-order valence-electron chi connectivity index (χ2n) is 6.80. The summed E-state index contributed by atoms with van der Waals surface area (Å²) in [6, 6.07) is 13.2. The highest BCUT2D eigenvalue weighted by atomic mass is 32.1. The summed E-state index contributed by atoms with van der Waals surface area (Å²) in [4.78, 5) is 4.74. The van der Waals surface area contributed by atoms with Gasteiger partial charge in [0.05, 0.1) is 4.70 Å². The Morgan fingerprint density at radius 3 is 2.46 bits per heavy atom. The molecule has 0 saturated heterocycles. The molecular weight excluding hydrogens is 343 g/mol. The molecule has 4 rings (SSSR count). The van der Waals surface area contributed by atoms with E-state index in [-0.39, 0.29) is 5.82 Å². The van der Waals surface area contributed by atoms with Crippen LogP contribution >= 0.6 is 11.3 Å².